The number of benzene rings is 2. The van der Waals surface area contributed by atoms with Gasteiger partial charge in [-0.3, -0.25) is 4.79 Å². The van der Waals surface area contributed by atoms with Crippen LogP contribution in [0.5, 0.6) is 11.5 Å². The van der Waals surface area contributed by atoms with Crippen LogP contribution < -0.4 is 5.32 Å². The summed E-state index contributed by atoms with van der Waals surface area (Å²) in [4.78, 5) is 23.2. The Bertz CT molecular complexity index is 709. The van der Waals surface area contributed by atoms with Crippen LogP contribution in [0.15, 0.2) is 42.5 Å². The Hall–Kier alpha value is -3.02. The van der Waals surface area contributed by atoms with Gasteiger partial charge in [0, 0.05) is 12.1 Å². The minimum absolute atomic E-state index is 0.191. The molecule has 0 fully saturated rings. The van der Waals surface area contributed by atoms with Crippen molar-refractivity contribution in [3.8, 4) is 11.5 Å². The maximum Gasteiger partial charge on any atom is 0.337 e. The van der Waals surface area contributed by atoms with Gasteiger partial charge in [0.2, 0.25) is 5.91 Å². The highest BCUT2D eigenvalue weighted by molar-refractivity contribution is 5.93. The zero-order valence-corrected chi connectivity index (χ0v) is 12.6. The molecule has 23 heavy (non-hydrogen) atoms. The monoisotopic (exact) mass is 315 g/mol. The van der Waals surface area contributed by atoms with Crippen LogP contribution in [0.2, 0.25) is 0 Å². The van der Waals surface area contributed by atoms with Crippen LogP contribution in [0.3, 0.4) is 0 Å². The van der Waals surface area contributed by atoms with Crippen molar-refractivity contribution in [2.24, 2.45) is 0 Å². The first-order valence-corrected chi connectivity index (χ1v) is 6.98. The van der Waals surface area contributed by atoms with Crippen molar-refractivity contribution in [3.05, 3.63) is 53.6 Å². The second-order valence-corrected chi connectivity index (χ2v) is 4.94. The fraction of sp³-hybridized carbons (Fsp3) is 0.176. The number of esters is 1. The Labute approximate surface area is 133 Å². The van der Waals surface area contributed by atoms with E-state index in [1.54, 1.807) is 30.3 Å². The third-order valence-corrected chi connectivity index (χ3v) is 3.27. The van der Waals surface area contributed by atoms with Crippen molar-refractivity contribution in [1.82, 2.24) is 0 Å². The summed E-state index contributed by atoms with van der Waals surface area (Å²) in [5, 5.41) is 21.4. The average molecular weight is 315 g/mol. The van der Waals surface area contributed by atoms with Gasteiger partial charge in [-0.15, -0.1) is 0 Å². The number of phenols is 2. The van der Waals surface area contributed by atoms with Gasteiger partial charge in [-0.2, -0.15) is 0 Å². The normalized spacial score (nSPS) is 10.1. The van der Waals surface area contributed by atoms with E-state index in [1.807, 2.05) is 0 Å². The molecule has 0 aliphatic rings. The Balaban J connectivity index is 1.89. The summed E-state index contributed by atoms with van der Waals surface area (Å²) < 4.78 is 4.60. The zero-order valence-electron chi connectivity index (χ0n) is 12.6. The molecule has 6 nitrogen and oxygen atoms in total. The second-order valence-electron chi connectivity index (χ2n) is 4.94. The number of nitrogens with one attached hydrogen (secondary N) is 1. The molecule has 1 amide bonds. The van der Waals surface area contributed by atoms with Crippen molar-refractivity contribution in [2.45, 2.75) is 12.8 Å². The lowest BCUT2D eigenvalue weighted by molar-refractivity contribution is -0.116. The molecular formula is C17H17NO5. The van der Waals surface area contributed by atoms with Crippen LogP contribution in [0.4, 0.5) is 5.69 Å². The van der Waals surface area contributed by atoms with E-state index >= 15 is 0 Å². The molecule has 0 saturated carbocycles. The lowest BCUT2D eigenvalue weighted by Gasteiger charge is -2.07. The van der Waals surface area contributed by atoms with E-state index < -0.39 is 5.97 Å². The summed E-state index contributed by atoms with van der Waals surface area (Å²) in [5.41, 5.74) is 1.73. The molecular weight excluding hydrogens is 298 g/mol. The standard InChI is InChI=1S/C17H17NO5/c1-23-17(22)12-4-6-13(7-5-12)18-16(21)9-3-11-2-8-14(19)15(20)10-11/h2,4-8,10,19-20H,3,9H2,1H3,(H,18,21). The summed E-state index contributed by atoms with van der Waals surface area (Å²) in [6, 6.07) is 10.8. The Morgan fingerprint density at radius 2 is 1.74 bits per heavy atom. The third kappa shape index (κ3) is 4.47. The molecule has 0 saturated heterocycles. The molecule has 120 valence electrons. The summed E-state index contributed by atoms with van der Waals surface area (Å²) in [5.74, 6) is -1.02. The SMILES string of the molecule is COC(=O)c1ccc(NC(=O)CCc2ccc(O)c(O)c2)cc1. The molecule has 0 aliphatic heterocycles. The molecule has 0 radical (unpaired) electrons. The largest absolute Gasteiger partial charge is 0.504 e. The summed E-state index contributed by atoms with van der Waals surface area (Å²) in [6.45, 7) is 0. The Kier molecular flexibility index (Phi) is 5.19. The molecule has 6 heteroatoms. The number of aromatic hydroxyl groups is 2. The van der Waals surface area contributed by atoms with Crippen molar-refractivity contribution >= 4 is 17.6 Å². The molecule has 2 aromatic carbocycles. The molecule has 0 bridgehead atoms. The molecule has 2 aromatic rings. The highest BCUT2D eigenvalue weighted by atomic mass is 16.5. The molecule has 0 heterocycles. The van der Waals surface area contributed by atoms with E-state index in [9.17, 15) is 19.8 Å². The maximum atomic E-state index is 11.9. The van der Waals surface area contributed by atoms with Gasteiger partial charge in [0.25, 0.3) is 0 Å². The van der Waals surface area contributed by atoms with Gasteiger partial charge >= 0.3 is 5.97 Å². The molecule has 0 aliphatic carbocycles. The molecule has 0 aromatic heterocycles. The maximum absolute atomic E-state index is 11.9. The number of methoxy groups -OCH3 is 1. The number of anilines is 1. The van der Waals surface area contributed by atoms with Gasteiger partial charge in [-0.05, 0) is 48.4 Å². The van der Waals surface area contributed by atoms with Crippen LogP contribution in [0.1, 0.15) is 22.3 Å². The van der Waals surface area contributed by atoms with Crippen LogP contribution in [0.25, 0.3) is 0 Å². The lowest BCUT2D eigenvalue weighted by atomic mass is 10.1. The summed E-state index contributed by atoms with van der Waals surface area (Å²) >= 11 is 0. The number of aryl methyl sites for hydroxylation is 1. The first-order valence-electron chi connectivity index (χ1n) is 6.98. The minimum Gasteiger partial charge on any atom is -0.504 e. The van der Waals surface area contributed by atoms with Crippen molar-refractivity contribution in [1.29, 1.82) is 0 Å². The number of carbonyl (C=O) groups is 2. The van der Waals surface area contributed by atoms with Crippen molar-refractivity contribution in [3.63, 3.8) is 0 Å². The zero-order chi connectivity index (χ0) is 16.8. The fourth-order valence-electron chi connectivity index (χ4n) is 2.01. The number of phenolic OH excluding ortho intramolecular Hbond substituents is 2. The number of hydrogen-bond acceptors (Lipinski definition) is 5. The predicted molar refractivity (Wildman–Crippen MR) is 84.5 cm³/mol. The van der Waals surface area contributed by atoms with Crippen LogP contribution in [-0.2, 0) is 16.0 Å². The minimum atomic E-state index is -0.435. The Morgan fingerprint density at radius 1 is 1.04 bits per heavy atom. The molecule has 0 spiro atoms. The van der Waals surface area contributed by atoms with E-state index in [-0.39, 0.29) is 23.8 Å². The number of carbonyl (C=O) groups excluding carboxylic acids is 2. The van der Waals surface area contributed by atoms with E-state index in [0.717, 1.165) is 5.56 Å². The number of amides is 1. The topological polar surface area (TPSA) is 95.9 Å². The van der Waals surface area contributed by atoms with Gasteiger partial charge in [-0.1, -0.05) is 6.07 Å². The van der Waals surface area contributed by atoms with Gasteiger partial charge in [0.15, 0.2) is 11.5 Å². The van der Waals surface area contributed by atoms with Crippen molar-refractivity contribution < 1.29 is 24.5 Å². The number of rotatable bonds is 5. The smallest absolute Gasteiger partial charge is 0.337 e. The number of hydrogen-bond donors (Lipinski definition) is 3. The number of ether oxygens (including phenoxy) is 1. The van der Waals surface area contributed by atoms with E-state index in [4.69, 9.17) is 0 Å². The highest BCUT2D eigenvalue weighted by Gasteiger charge is 2.07. The summed E-state index contributed by atoms with van der Waals surface area (Å²) in [7, 11) is 1.30. The van der Waals surface area contributed by atoms with Gasteiger partial charge in [0.05, 0.1) is 12.7 Å². The second kappa shape index (κ2) is 7.31. The lowest BCUT2D eigenvalue weighted by Crippen LogP contribution is -2.12. The quantitative estimate of drug-likeness (QED) is 0.582. The Morgan fingerprint density at radius 3 is 2.35 bits per heavy atom. The van der Waals surface area contributed by atoms with Gasteiger partial charge in [-0.25, -0.2) is 4.79 Å². The van der Waals surface area contributed by atoms with Crippen LogP contribution in [-0.4, -0.2) is 29.2 Å². The first kappa shape index (κ1) is 16.4. The molecule has 0 unspecified atom stereocenters. The van der Waals surface area contributed by atoms with Gasteiger partial charge < -0.3 is 20.3 Å². The molecule has 0 atom stereocenters. The fourth-order valence-corrected chi connectivity index (χ4v) is 2.01. The third-order valence-electron chi connectivity index (χ3n) is 3.27. The average Bonchev–Trinajstić information content (AvgIpc) is 2.56. The van der Waals surface area contributed by atoms with Gasteiger partial charge in [0.1, 0.15) is 0 Å². The predicted octanol–water partition coefficient (Wildman–Crippen LogP) is 2.46. The molecule has 2 rings (SSSR count). The highest BCUT2D eigenvalue weighted by Crippen LogP contribution is 2.25. The summed E-state index contributed by atoms with van der Waals surface area (Å²) in [6.07, 6.45) is 0.656. The van der Waals surface area contributed by atoms with E-state index in [2.05, 4.69) is 10.1 Å². The first-order chi connectivity index (χ1) is 11.0. The van der Waals surface area contributed by atoms with Crippen LogP contribution in [0, 0.1) is 0 Å². The molecule has 3 N–H and O–H groups in total. The van der Waals surface area contributed by atoms with Crippen LogP contribution >= 0.6 is 0 Å². The van der Waals surface area contributed by atoms with E-state index in [0.29, 0.717) is 17.7 Å². The van der Waals surface area contributed by atoms with E-state index in [1.165, 1.54) is 19.2 Å². The van der Waals surface area contributed by atoms with Crippen molar-refractivity contribution in [2.75, 3.05) is 12.4 Å².